The SMILES string of the molecule is O=C(N/N=C/c1ccccc1C(=O)O)c1cc(-c2ccc(Cl)cc2)n[nH]1. The lowest BCUT2D eigenvalue weighted by atomic mass is 10.1. The lowest BCUT2D eigenvalue weighted by Gasteiger charge is -2.00. The number of hydrogen-bond donors (Lipinski definition) is 3. The maximum atomic E-state index is 12.1. The number of amides is 1. The van der Waals surface area contributed by atoms with E-state index in [1.54, 1.807) is 48.5 Å². The van der Waals surface area contributed by atoms with Gasteiger partial charge in [-0.2, -0.15) is 10.2 Å². The van der Waals surface area contributed by atoms with Crippen LogP contribution in [0.2, 0.25) is 5.02 Å². The van der Waals surface area contributed by atoms with E-state index in [-0.39, 0.29) is 11.3 Å². The highest BCUT2D eigenvalue weighted by molar-refractivity contribution is 6.30. The number of carboxylic acid groups (broad SMARTS) is 1. The van der Waals surface area contributed by atoms with Gasteiger partial charge in [0.1, 0.15) is 5.69 Å². The van der Waals surface area contributed by atoms with Crippen molar-refractivity contribution in [2.75, 3.05) is 0 Å². The molecule has 3 rings (SSSR count). The third-order valence-electron chi connectivity index (χ3n) is 3.52. The Morgan fingerprint density at radius 3 is 2.62 bits per heavy atom. The van der Waals surface area contributed by atoms with Crippen molar-refractivity contribution in [2.45, 2.75) is 0 Å². The Morgan fingerprint density at radius 1 is 1.15 bits per heavy atom. The van der Waals surface area contributed by atoms with Crippen molar-refractivity contribution in [1.82, 2.24) is 15.6 Å². The number of hydrogen-bond acceptors (Lipinski definition) is 4. The fraction of sp³-hybridized carbons (Fsp3) is 0. The number of carbonyl (C=O) groups is 2. The molecule has 0 aliphatic heterocycles. The molecule has 0 saturated carbocycles. The molecule has 0 atom stereocenters. The molecule has 0 saturated heterocycles. The summed E-state index contributed by atoms with van der Waals surface area (Å²) in [6.45, 7) is 0. The van der Waals surface area contributed by atoms with Gasteiger partial charge < -0.3 is 5.11 Å². The first-order chi connectivity index (χ1) is 12.5. The average molecular weight is 369 g/mol. The molecule has 0 aliphatic carbocycles. The molecular weight excluding hydrogens is 356 g/mol. The Kier molecular flexibility index (Phi) is 5.09. The second-order valence-corrected chi connectivity index (χ2v) is 5.70. The summed E-state index contributed by atoms with van der Waals surface area (Å²) < 4.78 is 0. The van der Waals surface area contributed by atoms with Gasteiger partial charge in [-0.25, -0.2) is 10.2 Å². The Balaban J connectivity index is 1.70. The van der Waals surface area contributed by atoms with E-state index in [1.165, 1.54) is 12.3 Å². The number of H-pyrrole nitrogens is 1. The maximum absolute atomic E-state index is 12.1. The third kappa shape index (κ3) is 3.96. The van der Waals surface area contributed by atoms with E-state index in [0.29, 0.717) is 16.3 Å². The van der Waals surface area contributed by atoms with Crippen LogP contribution in [0.25, 0.3) is 11.3 Å². The highest BCUT2D eigenvalue weighted by Crippen LogP contribution is 2.20. The van der Waals surface area contributed by atoms with E-state index in [1.807, 2.05) is 0 Å². The topological polar surface area (TPSA) is 107 Å². The second kappa shape index (κ2) is 7.62. The second-order valence-electron chi connectivity index (χ2n) is 5.27. The molecule has 8 heteroatoms. The van der Waals surface area contributed by atoms with Crippen LogP contribution in [0.1, 0.15) is 26.4 Å². The van der Waals surface area contributed by atoms with Gasteiger partial charge >= 0.3 is 5.97 Å². The van der Waals surface area contributed by atoms with Gasteiger partial charge in [0.05, 0.1) is 17.5 Å². The minimum absolute atomic E-state index is 0.0945. The van der Waals surface area contributed by atoms with Crippen molar-refractivity contribution in [2.24, 2.45) is 5.10 Å². The number of hydrazone groups is 1. The highest BCUT2D eigenvalue weighted by Gasteiger charge is 2.11. The van der Waals surface area contributed by atoms with Gasteiger partial charge in [0.15, 0.2) is 0 Å². The molecule has 1 amide bonds. The van der Waals surface area contributed by atoms with E-state index in [9.17, 15) is 9.59 Å². The van der Waals surface area contributed by atoms with Crippen LogP contribution in [0.5, 0.6) is 0 Å². The minimum Gasteiger partial charge on any atom is -0.478 e. The molecule has 3 aromatic rings. The van der Waals surface area contributed by atoms with Crippen LogP contribution in [0.3, 0.4) is 0 Å². The Hall–Kier alpha value is -3.45. The van der Waals surface area contributed by atoms with E-state index < -0.39 is 11.9 Å². The quantitative estimate of drug-likeness (QED) is 0.474. The predicted octanol–water partition coefficient (Wildman–Crippen LogP) is 3.19. The van der Waals surface area contributed by atoms with Gasteiger partial charge in [-0.1, -0.05) is 41.9 Å². The van der Waals surface area contributed by atoms with Crippen LogP contribution in [-0.2, 0) is 0 Å². The lowest BCUT2D eigenvalue weighted by molar-refractivity contribution is 0.0696. The molecule has 7 nitrogen and oxygen atoms in total. The van der Waals surface area contributed by atoms with Crippen molar-refractivity contribution < 1.29 is 14.7 Å². The summed E-state index contributed by atoms with van der Waals surface area (Å²) in [5.74, 6) is -1.57. The average Bonchev–Trinajstić information content (AvgIpc) is 3.13. The summed E-state index contributed by atoms with van der Waals surface area (Å²) in [6, 6.07) is 15.0. The van der Waals surface area contributed by atoms with Crippen LogP contribution in [0.15, 0.2) is 59.7 Å². The van der Waals surface area contributed by atoms with Crippen LogP contribution in [0, 0.1) is 0 Å². The number of aromatic carboxylic acids is 1. The molecule has 0 bridgehead atoms. The molecule has 2 aromatic carbocycles. The summed E-state index contributed by atoms with van der Waals surface area (Å²) in [7, 11) is 0. The van der Waals surface area contributed by atoms with Crippen molar-refractivity contribution in [3.05, 3.63) is 76.4 Å². The number of aromatic amines is 1. The number of rotatable bonds is 5. The predicted molar refractivity (Wildman–Crippen MR) is 97.5 cm³/mol. The minimum atomic E-state index is -1.07. The van der Waals surface area contributed by atoms with Crippen molar-refractivity contribution in [3.8, 4) is 11.3 Å². The largest absolute Gasteiger partial charge is 0.478 e. The molecular formula is C18H13ClN4O3. The lowest BCUT2D eigenvalue weighted by Crippen LogP contribution is -2.18. The van der Waals surface area contributed by atoms with Gasteiger partial charge in [0.25, 0.3) is 5.91 Å². The molecule has 1 aromatic heterocycles. The summed E-state index contributed by atoms with van der Waals surface area (Å²) in [5.41, 5.74) is 4.43. The fourth-order valence-corrected chi connectivity index (χ4v) is 2.36. The number of carboxylic acids is 1. The van der Waals surface area contributed by atoms with E-state index in [0.717, 1.165) is 5.56 Å². The van der Waals surface area contributed by atoms with Gasteiger partial charge in [-0.05, 0) is 24.3 Å². The smallest absolute Gasteiger partial charge is 0.336 e. The van der Waals surface area contributed by atoms with Crippen LogP contribution >= 0.6 is 11.6 Å². The molecule has 130 valence electrons. The Bertz CT molecular complexity index is 980. The van der Waals surface area contributed by atoms with Gasteiger partial charge in [0, 0.05) is 16.1 Å². The summed E-state index contributed by atoms with van der Waals surface area (Å²) >= 11 is 5.85. The molecule has 0 spiro atoms. The Morgan fingerprint density at radius 2 is 1.88 bits per heavy atom. The molecule has 0 radical (unpaired) electrons. The first-order valence-electron chi connectivity index (χ1n) is 7.51. The molecule has 0 unspecified atom stereocenters. The number of nitrogens with one attached hydrogen (secondary N) is 2. The summed E-state index contributed by atoms with van der Waals surface area (Å²) in [5, 5.41) is 20.2. The number of aromatic nitrogens is 2. The van der Waals surface area contributed by atoms with Crippen molar-refractivity contribution >= 4 is 29.7 Å². The third-order valence-corrected chi connectivity index (χ3v) is 3.78. The van der Waals surface area contributed by atoms with Crippen LogP contribution in [-0.4, -0.2) is 33.4 Å². The molecule has 3 N–H and O–H groups in total. The molecule has 0 fully saturated rings. The van der Waals surface area contributed by atoms with Crippen LogP contribution in [0.4, 0.5) is 0 Å². The van der Waals surface area contributed by atoms with E-state index in [2.05, 4.69) is 20.7 Å². The van der Waals surface area contributed by atoms with Crippen molar-refractivity contribution in [3.63, 3.8) is 0 Å². The molecule has 26 heavy (non-hydrogen) atoms. The van der Waals surface area contributed by atoms with E-state index >= 15 is 0 Å². The van der Waals surface area contributed by atoms with Crippen molar-refractivity contribution in [1.29, 1.82) is 0 Å². The van der Waals surface area contributed by atoms with Gasteiger partial charge in [-0.3, -0.25) is 9.89 Å². The number of carbonyl (C=O) groups excluding carboxylic acids is 1. The number of nitrogens with zero attached hydrogens (tertiary/aromatic N) is 2. The fourth-order valence-electron chi connectivity index (χ4n) is 2.23. The van der Waals surface area contributed by atoms with Gasteiger partial charge in [-0.15, -0.1) is 0 Å². The normalized spacial score (nSPS) is 10.8. The zero-order valence-corrected chi connectivity index (χ0v) is 14.1. The zero-order valence-electron chi connectivity index (χ0n) is 13.3. The maximum Gasteiger partial charge on any atom is 0.336 e. The zero-order chi connectivity index (χ0) is 18.5. The van der Waals surface area contributed by atoms with Crippen LogP contribution < -0.4 is 5.43 Å². The number of halogens is 1. The first kappa shape index (κ1) is 17.4. The first-order valence-corrected chi connectivity index (χ1v) is 7.89. The standard InChI is InChI=1S/C18H13ClN4O3/c19-13-7-5-11(6-8-13)15-9-16(22-21-15)17(24)23-20-10-12-3-1-2-4-14(12)18(25)26/h1-10H,(H,21,22)(H,23,24)(H,25,26)/b20-10+. The Labute approximate surface area is 153 Å². The number of benzene rings is 2. The van der Waals surface area contributed by atoms with Gasteiger partial charge in [0.2, 0.25) is 0 Å². The summed E-state index contributed by atoms with van der Waals surface area (Å²) in [4.78, 5) is 23.2. The monoisotopic (exact) mass is 368 g/mol. The summed E-state index contributed by atoms with van der Waals surface area (Å²) in [6.07, 6.45) is 1.28. The van der Waals surface area contributed by atoms with E-state index in [4.69, 9.17) is 16.7 Å². The molecule has 1 heterocycles. The highest BCUT2D eigenvalue weighted by atomic mass is 35.5. The molecule has 0 aliphatic rings.